The molecule has 6 rings (SSSR count). The monoisotopic (exact) mass is 725 g/mol. The molecular weight excluding hydrogens is 699 g/mol. The van der Waals surface area contributed by atoms with Gasteiger partial charge in [-0.2, -0.15) is 0 Å². The van der Waals surface area contributed by atoms with Crippen molar-refractivity contribution in [3.8, 4) is 22.8 Å². The molecule has 0 fully saturated rings. The van der Waals surface area contributed by atoms with Gasteiger partial charge in [-0.15, -0.1) is 0 Å². The third kappa shape index (κ3) is 9.25. The number of nitrogens with zero attached hydrogens (tertiary/aromatic N) is 3. The van der Waals surface area contributed by atoms with Crippen molar-refractivity contribution in [2.75, 3.05) is 0 Å². The molecule has 0 aliphatic rings. The van der Waals surface area contributed by atoms with E-state index < -0.39 is 17.5 Å². The molecule has 3 heterocycles. The number of rotatable bonds is 14. The first kappa shape index (κ1) is 36.3. The minimum absolute atomic E-state index is 0.0402. The lowest BCUT2D eigenvalue weighted by atomic mass is 10.0. The molecule has 0 spiro atoms. The molecule has 0 saturated carbocycles. The highest BCUT2D eigenvalue weighted by Crippen LogP contribution is 2.29. The highest BCUT2D eigenvalue weighted by Gasteiger charge is 2.14. The zero-order valence-electron chi connectivity index (χ0n) is 27.9. The largest absolute Gasteiger partial charge is 0.428 e. The van der Waals surface area contributed by atoms with Crippen molar-refractivity contribution >= 4 is 54.9 Å². The van der Waals surface area contributed by atoms with Crippen LogP contribution < -0.4 is 0 Å². The second kappa shape index (κ2) is 17.2. The standard InChI is InChI=1S/C42H26F3N3O6/c43-33-7-1-4-30(21-33)40(52-24-49)18-27-10-12-46-36(14-27)38-16-29(20-42(54-26-51)32-6-3-9-35(45)23-32)17-39(48-38)37-15-28(11-13-47-37)19-41(53-25-50)31-5-2-8-34(44)22-31/h1-26H/b40-18+,41-19+,42-20+. The molecule has 0 bridgehead atoms. The molecule has 0 aliphatic heterocycles. The van der Waals surface area contributed by atoms with Gasteiger partial charge in [-0.05, 0) is 108 Å². The molecule has 266 valence electrons. The van der Waals surface area contributed by atoms with E-state index in [4.69, 9.17) is 19.2 Å². The lowest BCUT2D eigenvalue weighted by Gasteiger charge is -2.11. The number of carbonyl (C=O) groups is 3. The van der Waals surface area contributed by atoms with Crippen LogP contribution in [-0.2, 0) is 28.6 Å². The first-order valence-corrected chi connectivity index (χ1v) is 16.0. The van der Waals surface area contributed by atoms with E-state index in [1.54, 1.807) is 54.6 Å². The van der Waals surface area contributed by atoms with Gasteiger partial charge in [0.05, 0.1) is 22.8 Å². The van der Waals surface area contributed by atoms with E-state index in [9.17, 15) is 27.6 Å². The summed E-state index contributed by atoms with van der Waals surface area (Å²) in [7, 11) is 0. The van der Waals surface area contributed by atoms with Gasteiger partial charge in [-0.3, -0.25) is 24.4 Å². The first-order valence-electron chi connectivity index (χ1n) is 16.0. The topological polar surface area (TPSA) is 118 Å². The summed E-state index contributed by atoms with van der Waals surface area (Å²) in [5.41, 5.74) is 3.83. The number of hydrogen-bond donors (Lipinski definition) is 0. The van der Waals surface area contributed by atoms with Crippen LogP contribution in [0, 0.1) is 17.5 Å². The molecule has 0 amide bonds. The Morgan fingerprint density at radius 2 is 0.796 bits per heavy atom. The highest BCUT2D eigenvalue weighted by molar-refractivity contribution is 5.85. The summed E-state index contributed by atoms with van der Waals surface area (Å²) in [6, 6.07) is 26.6. The highest BCUT2D eigenvalue weighted by atomic mass is 19.1. The van der Waals surface area contributed by atoms with E-state index >= 15 is 0 Å². The van der Waals surface area contributed by atoms with Gasteiger partial charge in [0.2, 0.25) is 0 Å². The quantitative estimate of drug-likeness (QED) is 0.0618. The Morgan fingerprint density at radius 3 is 1.15 bits per heavy atom. The van der Waals surface area contributed by atoms with Crippen molar-refractivity contribution in [2.24, 2.45) is 0 Å². The summed E-state index contributed by atoms with van der Waals surface area (Å²) in [6.45, 7) is 0.703. The van der Waals surface area contributed by atoms with E-state index in [1.165, 1.54) is 85.2 Å². The Hall–Kier alpha value is -7.47. The second-order valence-electron chi connectivity index (χ2n) is 11.3. The second-order valence-corrected chi connectivity index (χ2v) is 11.3. The van der Waals surface area contributed by atoms with Crippen LogP contribution in [-0.4, -0.2) is 34.4 Å². The van der Waals surface area contributed by atoms with Gasteiger partial charge >= 0.3 is 0 Å². The van der Waals surface area contributed by atoms with Gasteiger partial charge in [-0.25, -0.2) is 18.2 Å². The summed E-state index contributed by atoms with van der Waals surface area (Å²) in [4.78, 5) is 48.0. The minimum atomic E-state index is -0.542. The maximum atomic E-state index is 14.2. The molecule has 0 radical (unpaired) electrons. The smallest absolute Gasteiger partial charge is 0.298 e. The molecule has 54 heavy (non-hydrogen) atoms. The maximum absolute atomic E-state index is 14.2. The third-order valence-electron chi connectivity index (χ3n) is 7.69. The number of hydrogen-bond acceptors (Lipinski definition) is 9. The number of carbonyl (C=O) groups excluding carboxylic acids is 3. The molecule has 12 heteroatoms. The molecule has 0 saturated heterocycles. The predicted octanol–water partition coefficient (Wildman–Crippen LogP) is 8.64. The Morgan fingerprint density at radius 1 is 0.444 bits per heavy atom. The summed E-state index contributed by atoms with van der Waals surface area (Å²) in [5, 5.41) is 0. The van der Waals surface area contributed by atoms with E-state index in [1.807, 2.05) is 0 Å². The number of halogens is 3. The van der Waals surface area contributed by atoms with Gasteiger partial charge in [0.1, 0.15) is 34.7 Å². The molecule has 0 aliphatic carbocycles. The lowest BCUT2D eigenvalue weighted by Crippen LogP contribution is -1.97. The molecule has 0 N–H and O–H groups in total. The fourth-order valence-corrected chi connectivity index (χ4v) is 5.34. The van der Waals surface area contributed by atoms with Crippen LogP contribution in [0.1, 0.15) is 33.4 Å². The molecular formula is C42H26F3N3O6. The number of benzene rings is 3. The number of pyridine rings is 3. The van der Waals surface area contributed by atoms with Gasteiger partial charge in [0, 0.05) is 29.1 Å². The van der Waals surface area contributed by atoms with Gasteiger partial charge in [0.15, 0.2) is 0 Å². The first-order chi connectivity index (χ1) is 26.3. The van der Waals surface area contributed by atoms with Crippen molar-refractivity contribution < 1.29 is 41.8 Å². The molecule has 3 aromatic carbocycles. The van der Waals surface area contributed by atoms with Crippen LogP contribution in [0.15, 0.2) is 122 Å². The maximum Gasteiger partial charge on any atom is 0.298 e. The zero-order chi connectivity index (χ0) is 37.9. The van der Waals surface area contributed by atoms with Gasteiger partial charge in [-0.1, -0.05) is 36.4 Å². The Labute approximate surface area is 306 Å². The van der Waals surface area contributed by atoms with Crippen LogP contribution in [0.4, 0.5) is 13.2 Å². The fourth-order valence-electron chi connectivity index (χ4n) is 5.34. The average Bonchev–Trinajstić information content (AvgIpc) is 3.17. The van der Waals surface area contributed by atoms with Crippen molar-refractivity contribution in [3.63, 3.8) is 0 Å². The van der Waals surface area contributed by atoms with Crippen LogP contribution in [0.2, 0.25) is 0 Å². The summed E-state index contributed by atoms with van der Waals surface area (Å²) in [5.74, 6) is -1.37. The summed E-state index contributed by atoms with van der Waals surface area (Å²) >= 11 is 0. The number of ether oxygens (including phenoxy) is 3. The van der Waals surface area contributed by atoms with E-state index in [-0.39, 0.29) is 42.3 Å². The van der Waals surface area contributed by atoms with E-state index in [0.717, 1.165) is 0 Å². The molecule has 0 unspecified atom stereocenters. The van der Waals surface area contributed by atoms with Gasteiger partial charge < -0.3 is 14.2 Å². The zero-order valence-corrected chi connectivity index (χ0v) is 27.9. The summed E-state index contributed by atoms with van der Waals surface area (Å²) < 4.78 is 57.8. The van der Waals surface area contributed by atoms with Crippen LogP contribution in [0.5, 0.6) is 0 Å². The van der Waals surface area contributed by atoms with Crippen molar-refractivity contribution in [2.45, 2.75) is 0 Å². The molecule has 6 aromatic rings. The fraction of sp³-hybridized carbons (Fsp3) is 0. The molecule has 3 aromatic heterocycles. The lowest BCUT2D eigenvalue weighted by molar-refractivity contribution is -0.123. The van der Waals surface area contributed by atoms with Crippen LogP contribution >= 0.6 is 0 Å². The van der Waals surface area contributed by atoms with E-state index in [2.05, 4.69) is 9.97 Å². The van der Waals surface area contributed by atoms with Crippen molar-refractivity contribution in [3.05, 3.63) is 172 Å². The van der Waals surface area contributed by atoms with E-state index in [0.29, 0.717) is 50.6 Å². The minimum Gasteiger partial charge on any atom is -0.428 e. The third-order valence-corrected chi connectivity index (χ3v) is 7.69. The normalized spacial score (nSPS) is 11.8. The predicted molar refractivity (Wildman–Crippen MR) is 195 cm³/mol. The average molecular weight is 726 g/mol. The molecule has 9 nitrogen and oxygen atoms in total. The Kier molecular flexibility index (Phi) is 11.5. The van der Waals surface area contributed by atoms with Crippen molar-refractivity contribution in [1.82, 2.24) is 15.0 Å². The van der Waals surface area contributed by atoms with Crippen LogP contribution in [0.25, 0.3) is 58.3 Å². The Bertz CT molecular complexity index is 2320. The number of aromatic nitrogens is 3. The van der Waals surface area contributed by atoms with Crippen LogP contribution in [0.3, 0.4) is 0 Å². The summed E-state index contributed by atoms with van der Waals surface area (Å²) in [6.07, 6.45) is 7.61. The van der Waals surface area contributed by atoms with Gasteiger partial charge in [0.25, 0.3) is 19.4 Å². The SMILES string of the molecule is O=CO/C(=C/c1ccnc(-c2cc(/C=C(/OC=O)c3cccc(F)c3)cc(-c3cc(/C=C(/OC=O)c4cccc(F)c4)ccn3)n2)c1)c1cccc(F)c1. The Balaban J connectivity index is 1.49. The van der Waals surface area contributed by atoms with Crippen molar-refractivity contribution in [1.29, 1.82) is 0 Å². The molecule has 0 atom stereocenters.